The van der Waals surface area contributed by atoms with Gasteiger partial charge in [0.15, 0.2) is 0 Å². The van der Waals surface area contributed by atoms with E-state index in [4.69, 9.17) is 4.42 Å². The zero-order valence-electron chi connectivity index (χ0n) is 6.88. The van der Waals surface area contributed by atoms with Gasteiger partial charge in [0, 0.05) is 5.39 Å². The van der Waals surface area contributed by atoms with E-state index in [1.54, 1.807) is 6.26 Å². The molecule has 1 aromatic heterocycles. The van der Waals surface area contributed by atoms with Gasteiger partial charge in [-0.2, -0.15) is 0 Å². The van der Waals surface area contributed by atoms with Gasteiger partial charge in [0.1, 0.15) is 11.8 Å². The van der Waals surface area contributed by atoms with Gasteiger partial charge in [-0.25, -0.2) is 0 Å². The number of para-hydroxylation sites is 1. The summed E-state index contributed by atoms with van der Waals surface area (Å²) in [6.45, 7) is 0. The Morgan fingerprint density at radius 3 is 3.00 bits per heavy atom. The maximum absolute atomic E-state index is 5.33. The number of furan rings is 1. The fourth-order valence-electron chi connectivity index (χ4n) is 1.20. The van der Waals surface area contributed by atoms with E-state index in [1.165, 1.54) is 0 Å². The first kappa shape index (κ1) is 8.40. The molecule has 0 aliphatic heterocycles. The highest BCUT2D eigenvalue weighted by Gasteiger charge is 2.00. The second-order valence-electron chi connectivity index (χ2n) is 2.58. The van der Waals surface area contributed by atoms with Crippen LogP contribution in [0.25, 0.3) is 11.0 Å². The van der Waals surface area contributed by atoms with Crippen LogP contribution in [0.2, 0.25) is 0 Å². The van der Waals surface area contributed by atoms with E-state index in [9.17, 15) is 0 Å². The first-order valence-corrected chi connectivity index (χ1v) is 5.05. The number of alkyl halides is 1. The van der Waals surface area contributed by atoms with E-state index in [0.717, 1.165) is 16.5 Å². The molecule has 0 atom stereocenters. The van der Waals surface area contributed by atoms with Gasteiger partial charge >= 0.3 is 0 Å². The van der Waals surface area contributed by atoms with Gasteiger partial charge in [-0.05, 0) is 12.1 Å². The molecule has 1 nitrogen and oxygen atoms in total. The van der Waals surface area contributed by atoms with Gasteiger partial charge in [0.05, 0.1) is 10.9 Å². The normalized spacial score (nSPS) is 9.62. The van der Waals surface area contributed by atoms with Crippen LogP contribution in [0.5, 0.6) is 0 Å². The Hall–Kier alpha value is -1.20. The van der Waals surface area contributed by atoms with Crippen LogP contribution in [0.3, 0.4) is 0 Å². The third-order valence-corrected chi connectivity index (χ3v) is 2.05. The van der Waals surface area contributed by atoms with Gasteiger partial charge in [-0.15, -0.1) is 0 Å². The smallest absolute Gasteiger partial charge is 0.135 e. The molecular formula is C11H7BrO. The zero-order chi connectivity index (χ0) is 9.10. The van der Waals surface area contributed by atoms with Crippen molar-refractivity contribution in [3.63, 3.8) is 0 Å². The Kier molecular flexibility index (Phi) is 2.37. The Bertz CT molecular complexity index is 473. The summed E-state index contributed by atoms with van der Waals surface area (Å²) in [6, 6.07) is 7.89. The van der Waals surface area contributed by atoms with Crippen LogP contribution < -0.4 is 0 Å². The van der Waals surface area contributed by atoms with Crippen LogP contribution in [0.4, 0.5) is 0 Å². The van der Waals surface area contributed by atoms with Crippen molar-refractivity contribution in [2.24, 2.45) is 0 Å². The first-order valence-electron chi connectivity index (χ1n) is 3.93. The molecule has 0 saturated heterocycles. The van der Waals surface area contributed by atoms with Crippen molar-refractivity contribution >= 4 is 26.9 Å². The molecule has 0 radical (unpaired) electrons. The summed E-state index contributed by atoms with van der Waals surface area (Å²) in [7, 11) is 0. The monoisotopic (exact) mass is 234 g/mol. The maximum atomic E-state index is 5.33. The zero-order valence-corrected chi connectivity index (χ0v) is 8.47. The molecule has 0 N–H and O–H groups in total. The molecule has 0 saturated carbocycles. The minimum atomic E-state index is 0.687. The average molecular weight is 235 g/mol. The Morgan fingerprint density at radius 2 is 2.15 bits per heavy atom. The number of fused-ring (bicyclic) bond motifs is 1. The van der Waals surface area contributed by atoms with Crippen molar-refractivity contribution in [1.29, 1.82) is 0 Å². The standard InChI is InChI=1S/C11H7BrO/c12-7-3-4-9-8-13-11-6-2-1-5-10(9)11/h1-2,5-6,8H,7H2. The number of hydrogen-bond acceptors (Lipinski definition) is 1. The highest BCUT2D eigenvalue weighted by atomic mass is 79.9. The molecule has 2 heteroatoms. The van der Waals surface area contributed by atoms with E-state index in [0.29, 0.717) is 5.33 Å². The summed E-state index contributed by atoms with van der Waals surface area (Å²) in [5.41, 5.74) is 1.84. The molecule has 0 aliphatic carbocycles. The Morgan fingerprint density at radius 1 is 1.31 bits per heavy atom. The lowest BCUT2D eigenvalue weighted by Crippen LogP contribution is -1.69. The number of halogens is 1. The van der Waals surface area contributed by atoms with Crippen molar-refractivity contribution in [1.82, 2.24) is 0 Å². The molecular weight excluding hydrogens is 228 g/mol. The molecule has 0 aliphatic rings. The van der Waals surface area contributed by atoms with Gasteiger partial charge < -0.3 is 4.42 Å². The third kappa shape index (κ3) is 1.61. The van der Waals surface area contributed by atoms with Crippen LogP contribution in [-0.2, 0) is 0 Å². The predicted octanol–water partition coefficient (Wildman–Crippen LogP) is 3.18. The molecule has 0 amide bonds. The molecule has 0 spiro atoms. The van der Waals surface area contributed by atoms with Crippen molar-refractivity contribution in [2.75, 3.05) is 5.33 Å². The highest BCUT2D eigenvalue weighted by Crippen LogP contribution is 2.19. The van der Waals surface area contributed by atoms with Crippen molar-refractivity contribution in [2.45, 2.75) is 0 Å². The predicted molar refractivity (Wildman–Crippen MR) is 56.9 cm³/mol. The molecule has 0 fully saturated rings. The number of rotatable bonds is 0. The Balaban J connectivity index is 2.58. The third-order valence-electron chi connectivity index (χ3n) is 1.77. The second-order valence-corrected chi connectivity index (χ2v) is 3.14. The summed E-state index contributed by atoms with van der Waals surface area (Å²) < 4.78 is 5.33. The fourth-order valence-corrected chi connectivity index (χ4v) is 1.34. The van der Waals surface area contributed by atoms with Gasteiger partial charge in [-0.1, -0.05) is 39.9 Å². The quantitative estimate of drug-likeness (QED) is 0.504. The van der Waals surface area contributed by atoms with Gasteiger partial charge in [-0.3, -0.25) is 0 Å². The Labute approximate surface area is 84.9 Å². The molecule has 64 valence electrons. The van der Waals surface area contributed by atoms with Crippen LogP contribution in [0, 0.1) is 11.8 Å². The van der Waals surface area contributed by atoms with E-state index < -0.39 is 0 Å². The summed E-state index contributed by atoms with van der Waals surface area (Å²) in [5.74, 6) is 5.98. The van der Waals surface area contributed by atoms with Crippen LogP contribution >= 0.6 is 15.9 Å². The molecule has 0 bridgehead atoms. The second kappa shape index (κ2) is 3.68. The van der Waals surface area contributed by atoms with Crippen LogP contribution in [0.15, 0.2) is 34.9 Å². The number of benzene rings is 1. The average Bonchev–Trinajstić information content (AvgIpc) is 2.58. The minimum Gasteiger partial charge on any atom is -0.463 e. The SMILES string of the molecule is BrCC#Cc1coc2ccccc12. The van der Waals surface area contributed by atoms with E-state index in [-0.39, 0.29) is 0 Å². The molecule has 2 rings (SSSR count). The lowest BCUT2D eigenvalue weighted by atomic mass is 10.2. The molecule has 1 heterocycles. The topological polar surface area (TPSA) is 13.1 Å². The van der Waals surface area contributed by atoms with Crippen LogP contribution in [0.1, 0.15) is 5.56 Å². The fraction of sp³-hybridized carbons (Fsp3) is 0.0909. The first-order chi connectivity index (χ1) is 6.42. The van der Waals surface area contributed by atoms with Crippen molar-refractivity contribution < 1.29 is 4.42 Å². The largest absolute Gasteiger partial charge is 0.463 e. The lowest BCUT2D eigenvalue weighted by molar-refractivity contribution is 0.615. The minimum absolute atomic E-state index is 0.687. The lowest BCUT2D eigenvalue weighted by Gasteiger charge is -1.85. The van der Waals surface area contributed by atoms with E-state index in [2.05, 4.69) is 27.8 Å². The van der Waals surface area contributed by atoms with Gasteiger partial charge in [0.25, 0.3) is 0 Å². The van der Waals surface area contributed by atoms with Gasteiger partial charge in [0.2, 0.25) is 0 Å². The molecule has 13 heavy (non-hydrogen) atoms. The maximum Gasteiger partial charge on any atom is 0.135 e. The molecule has 2 aromatic rings. The van der Waals surface area contributed by atoms with E-state index in [1.807, 2.05) is 24.3 Å². The summed E-state index contributed by atoms with van der Waals surface area (Å²) >= 11 is 3.25. The molecule has 1 aromatic carbocycles. The van der Waals surface area contributed by atoms with Crippen molar-refractivity contribution in [3.05, 3.63) is 36.1 Å². The van der Waals surface area contributed by atoms with E-state index >= 15 is 0 Å². The number of hydrogen-bond donors (Lipinski definition) is 0. The highest BCUT2D eigenvalue weighted by molar-refractivity contribution is 9.09. The summed E-state index contributed by atoms with van der Waals surface area (Å²) in [6.07, 6.45) is 1.69. The molecule has 0 unspecified atom stereocenters. The van der Waals surface area contributed by atoms with Crippen LogP contribution in [-0.4, -0.2) is 5.33 Å². The summed E-state index contributed by atoms with van der Waals surface area (Å²) in [5, 5.41) is 1.77. The summed E-state index contributed by atoms with van der Waals surface area (Å²) in [4.78, 5) is 0. The van der Waals surface area contributed by atoms with Crippen molar-refractivity contribution in [3.8, 4) is 11.8 Å².